The Morgan fingerprint density at radius 1 is 1.46 bits per heavy atom. The van der Waals surface area contributed by atoms with E-state index in [1.165, 1.54) is 0 Å². The van der Waals surface area contributed by atoms with Gasteiger partial charge in [-0.2, -0.15) is 12.6 Å². The summed E-state index contributed by atoms with van der Waals surface area (Å²) in [5.74, 6) is 0.282. The first-order valence-electron chi connectivity index (χ1n) is 4.09. The van der Waals surface area contributed by atoms with Gasteiger partial charge in [0.2, 0.25) is 0 Å². The van der Waals surface area contributed by atoms with Gasteiger partial charge in [-0.1, -0.05) is 18.2 Å². The Morgan fingerprint density at radius 2 is 2.15 bits per heavy atom. The van der Waals surface area contributed by atoms with Gasteiger partial charge in [0.25, 0.3) is 0 Å². The number of carbonyl (C=O) groups is 1. The van der Waals surface area contributed by atoms with Crippen LogP contribution in [0.5, 0.6) is 0 Å². The summed E-state index contributed by atoms with van der Waals surface area (Å²) in [6.45, 7) is 2.24. The van der Waals surface area contributed by atoms with E-state index in [0.29, 0.717) is 17.9 Å². The van der Waals surface area contributed by atoms with E-state index in [0.717, 1.165) is 5.56 Å². The molecule has 1 aromatic rings. The number of ether oxygens (including phenoxy) is 1. The van der Waals surface area contributed by atoms with Crippen molar-refractivity contribution < 1.29 is 9.53 Å². The first kappa shape index (κ1) is 10.1. The van der Waals surface area contributed by atoms with Crippen molar-refractivity contribution in [2.75, 3.05) is 12.4 Å². The molecule has 0 saturated heterocycles. The third-order valence-electron chi connectivity index (χ3n) is 1.69. The molecule has 0 bridgehead atoms. The second-order valence-electron chi connectivity index (χ2n) is 2.67. The van der Waals surface area contributed by atoms with Gasteiger partial charge in [-0.3, -0.25) is 0 Å². The van der Waals surface area contributed by atoms with Crippen molar-refractivity contribution in [2.24, 2.45) is 0 Å². The topological polar surface area (TPSA) is 26.3 Å². The normalized spacial score (nSPS) is 9.69. The van der Waals surface area contributed by atoms with Crippen LogP contribution in [0, 0.1) is 6.92 Å². The van der Waals surface area contributed by atoms with E-state index in [1.807, 2.05) is 25.1 Å². The summed E-state index contributed by atoms with van der Waals surface area (Å²) in [5, 5.41) is 0. The summed E-state index contributed by atoms with van der Waals surface area (Å²) in [6, 6.07) is 7.36. The fourth-order valence-electron chi connectivity index (χ4n) is 1.02. The predicted octanol–water partition coefficient (Wildman–Crippen LogP) is 2.08. The van der Waals surface area contributed by atoms with Gasteiger partial charge in [-0.25, -0.2) is 4.79 Å². The van der Waals surface area contributed by atoms with Crippen molar-refractivity contribution in [3.63, 3.8) is 0 Å². The number of aryl methyl sites for hydroxylation is 1. The van der Waals surface area contributed by atoms with E-state index in [2.05, 4.69) is 12.6 Å². The van der Waals surface area contributed by atoms with Crippen LogP contribution in [-0.4, -0.2) is 18.3 Å². The maximum atomic E-state index is 11.4. The lowest BCUT2D eigenvalue weighted by atomic mass is 10.1. The van der Waals surface area contributed by atoms with Gasteiger partial charge in [-0.05, 0) is 18.6 Å². The molecule has 2 nitrogen and oxygen atoms in total. The molecular weight excluding hydrogens is 184 g/mol. The summed E-state index contributed by atoms with van der Waals surface area (Å²) >= 11 is 3.96. The summed E-state index contributed by atoms with van der Waals surface area (Å²) < 4.78 is 4.94. The molecule has 0 atom stereocenters. The molecule has 0 aliphatic rings. The third-order valence-corrected chi connectivity index (χ3v) is 1.87. The molecular formula is C10H12O2S. The average Bonchev–Trinajstić information content (AvgIpc) is 2.15. The van der Waals surface area contributed by atoms with Crippen molar-refractivity contribution in [1.82, 2.24) is 0 Å². The molecule has 3 heteroatoms. The Hall–Kier alpha value is -0.960. The van der Waals surface area contributed by atoms with E-state index in [1.54, 1.807) is 6.07 Å². The van der Waals surface area contributed by atoms with E-state index >= 15 is 0 Å². The molecule has 0 N–H and O–H groups in total. The largest absolute Gasteiger partial charge is 0.461 e. The van der Waals surface area contributed by atoms with Gasteiger partial charge < -0.3 is 4.74 Å². The molecule has 0 unspecified atom stereocenters. The Balaban J connectivity index is 2.71. The number of hydrogen-bond donors (Lipinski definition) is 1. The highest BCUT2D eigenvalue weighted by Crippen LogP contribution is 2.08. The number of rotatable bonds is 3. The van der Waals surface area contributed by atoms with Crippen LogP contribution in [0.2, 0.25) is 0 Å². The first-order chi connectivity index (χ1) is 6.25. The van der Waals surface area contributed by atoms with E-state index in [4.69, 9.17) is 4.74 Å². The molecule has 0 saturated carbocycles. The minimum absolute atomic E-state index is 0.271. The number of esters is 1. The number of benzene rings is 1. The minimum atomic E-state index is -0.271. The van der Waals surface area contributed by atoms with Crippen LogP contribution in [0.25, 0.3) is 0 Å². The van der Waals surface area contributed by atoms with Gasteiger partial charge in [0.05, 0.1) is 5.56 Å². The summed E-state index contributed by atoms with van der Waals surface area (Å²) in [5.41, 5.74) is 1.57. The molecule has 70 valence electrons. The zero-order valence-corrected chi connectivity index (χ0v) is 8.38. The Kier molecular flexibility index (Phi) is 3.83. The monoisotopic (exact) mass is 196 g/mol. The smallest absolute Gasteiger partial charge is 0.338 e. The maximum Gasteiger partial charge on any atom is 0.338 e. The summed E-state index contributed by atoms with van der Waals surface area (Å²) in [6.07, 6.45) is 0. The molecule has 0 heterocycles. The molecule has 1 rings (SSSR count). The molecule has 0 spiro atoms. The number of hydrogen-bond acceptors (Lipinski definition) is 3. The van der Waals surface area contributed by atoms with Crippen molar-refractivity contribution in [3.05, 3.63) is 35.4 Å². The molecule has 0 fully saturated rings. The lowest BCUT2D eigenvalue weighted by Crippen LogP contribution is -2.08. The zero-order chi connectivity index (χ0) is 9.68. The molecule has 0 aliphatic heterocycles. The Bertz CT molecular complexity index is 297. The van der Waals surface area contributed by atoms with Gasteiger partial charge in [-0.15, -0.1) is 0 Å². The molecule has 0 radical (unpaired) electrons. The van der Waals surface area contributed by atoms with Gasteiger partial charge in [0.1, 0.15) is 6.61 Å². The third kappa shape index (κ3) is 2.77. The van der Waals surface area contributed by atoms with Crippen LogP contribution in [0.3, 0.4) is 0 Å². The van der Waals surface area contributed by atoms with Crippen LogP contribution in [0.1, 0.15) is 15.9 Å². The highest BCUT2D eigenvalue weighted by molar-refractivity contribution is 7.80. The Labute approximate surface area is 83.3 Å². The van der Waals surface area contributed by atoms with Gasteiger partial charge >= 0.3 is 5.97 Å². The van der Waals surface area contributed by atoms with Crippen molar-refractivity contribution in [1.29, 1.82) is 0 Å². The minimum Gasteiger partial charge on any atom is -0.461 e. The molecule has 0 amide bonds. The highest BCUT2D eigenvalue weighted by atomic mass is 32.1. The van der Waals surface area contributed by atoms with Gasteiger partial charge in [0.15, 0.2) is 0 Å². The molecule has 0 aromatic heterocycles. The lowest BCUT2D eigenvalue weighted by Gasteiger charge is -2.04. The fourth-order valence-corrected chi connectivity index (χ4v) is 1.11. The maximum absolute atomic E-state index is 11.4. The second-order valence-corrected chi connectivity index (χ2v) is 3.12. The van der Waals surface area contributed by atoms with E-state index < -0.39 is 0 Å². The van der Waals surface area contributed by atoms with Crippen LogP contribution in [0.4, 0.5) is 0 Å². The standard InChI is InChI=1S/C10H12O2S/c1-8-4-2-3-5-9(8)10(11)12-6-7-13/h2-5,13H,6-7H2,1H3. The van der Waals surface area contributed by atoms with E-state index in [-0.39, 0.29) is 5.97 Å². The average molecular weight is 196 g/mol. The lowest BCUT2D eigenvalue weighted by molar-refractivity contribution is 0.0530. The molecule has 1 aromatic carbocycles. The summed E-state index contributed by atoms with van der Waals surface area (Å²) in [4.78, 5) is 11.4. The molecule has 13 heavy (non-hydrogen) atoms. The quantitative estimate of drug-likeness (QED) is 0.591. The second kappa shape index (κ2) is 4.92. The first-order valence-corrected chi connectivity index (χ1v) is 4.72. The summed E-state index contributed by atoms with van der Waals surface area (Å²) in [7, 11) is 0. The zero-order valence-electron chi connectivity index (χ0n) is 7.49. The van der Waals surface area contributed by atoms with Crippen molar-refractivity contribution in [2.45, 2.75) is 6.92 Å². The van der Waals surface area contributed by atoms with Crippen molar-refractivity contribution in [3.8, 4) is 0 Å². The van der Waals surface area contributed by atoms with Crippen molar-refractivity contribution >= 4 is 18.6 Å². The molecule has 0 aliphatic carbocycles. The number of carbonyl (C=O) groups excluding carboxylic acids is 1. The van der Waals surface area contributed by atoms with Gasteiger partial charge in [0, 0.05) is 5.75 Å². The van der Waals surface area contributed by atoms with Crippen LogP contribution in [-0.2, 0) is 4.74 Å². The van der Waals surface area contributed by atoms with Crippen LogP contribution in [0.15, 0.2) is 24.3 Å². The predicted molar refractivity (Wildman–Crippen MR) is 55.3 cm³/mol. The number of thiol groups is 1. The van der Waals surface area contributed by atoms with Crippen LogP contribution < -0.4 is 0 Å². The SMILES string of the molecule is Cc1ccccc1C(=O)OCCS. The fraction of sp³-hybridized carbons (Fsp3) is 0.300. The van der Waals surface area contributed by atoms with Crippen LogP contribution >= 0.6 is 12.6 Å². The Morgan fingerprint density at radius 3 is 2.77 bits per heavy atom. The van der Waals surface area contributed by atoms with E-state index in [9.17, 15) is 4.79 Å². The highest BCUT2D eigenvalue weighted by Gasteiger charge is 2.08.